The molecule has 0 bridgehead atoms. The molecule has 2 N–H and O–H groups in total. The Hall–Kier alpha value is -1.59. The van der Waals surface area contributed by atoms with E-state index in [1.54, 1.807) is 0 Å². The number of benzene rings is 1. The maximum atomic E-state index is 5.92. The minimum Gasteiger partial charge on any atom is -0.377 e. The molecule has 5 nitrogen and oxygen atoms in total. The second-order valence-electron chi connectivity index (χ2n) is 8.66. The lowest BCUT2D eigenvalue weighted by molar-refractivity contribution is -0.106. The number of nitrogens with zero attached hydrogens (tertiary/aromatic N) is 2. The standard InChI is InChI=1S/C22H36N4O/c1-6-23-21(25-19-18-12-13-27-20(18)22(19,3)4)24-14-16(2)26(5)15-17-10-8-7-9-11-17/h7-11,16,18-20H,6,12-15H2,1-5H3,(H2,23,24,25). The first-order chi connectivity index (χ1) is 12.9. The fourth-order valence-corrected chi connectivity index (χ4v) is 4.47. The van der Waals surface area contributed by atoms with Crippen molar-refractivity contribution in [3.8, 4) is 0 Å². The van der Waals surface area contributed by atoms with E-state index in [1.165, 1.54) is 5.56 Å². The Kier molecular flexibility index (Phi) is 6.43. The second kappa shape index (κ2) is 8.61. The molecule has 4 unspecified atom stereocenters. The first-order valence-corrected chi connectivity index (χ1v) is 10.3. The molecular formula is C22H36N4O. The molecule has 1 aliphatic carbocycles. The molecule has 1 heterocycles. The van der Waals surface area contributed by atoms with Crippen molar-refractivity contribution in [3.63, 3.8) is 0 Å². The van der Waals surface area contributed by atoms with Crippen LogP contribution in [0.2, 0.25) is 0 Å². The maximum absolute atomic E-state index is 5.92. The van der Waals surface area contributed by atoms with Gasteiger partial charge in [0.15, 0.2) is 5.96 Å². The van der Waals surface area contributed by atoms with Gasteiger partial charge in [0.2, 0.25) is 0 Å². The minimum atomic E-state index is 0.160. The van der Waals surface area contributed by atoms with E-state index in [2.05, 4.69) is 80.6 Å². The van der Waals surface area contributed by atoms with Crippen LogP contribution >= 0.6 is 0 Å². The fourth-order valence-electron chi connectivity index (χ4n) is 4.47. The first-order valence-electron chi connectivity index (χ1n) is 10.3. The van der Waals surface area contributed by atoms with Gasteiger partial charge in [0.05, 0.1) is 12.6 Å². The minimum absolute atomic E-state index is 0.160. The summed E-state index contributed by atoms with van der Waals surface area (Å²) in [5, 5.41) is 7.12. The van der Waals surface area contributed by atoms with Gasteiger partial charge in [0.25, 0.3) is 0 Å². The van der Waals surface area contributed by atoms with E-state index in [1.807, 2.05) is 0 Å². The molecule has 27 heavy (non-hydrogen) atoms. The third-order valence-electron chi connectivity index (χ3n) is 6.28. The molecule has 1 aliphatic heterocycles. The number of hydrogen-bond donors (Lipinski definition) is 2. The Morgan fingerprint density at radius 3 is 2.78 bits per heavy atom. The number of ether oxygens (including phenoxy) is 1. The predicted octanol–water partition coefficient (Wildman–Crippen LogP) is 2.88. The highest BCUT2D eigenvalue weighted by atomic mass is 16.5. The summed E-state index contributed by atoms with van der Waals surface area (Å²) in [4.78, 5) is 7.25. The average Bonchev–Trinajstić information content (AvgIpc) is 3.11. The van der Waals surface area contributed by atoms with E-state index in [4.69, 9.17) is 9.73 Å². The van der Waals surface area contributed by atoms with Crippen molar-refractivity contribution in [2.75, 3.05) is 26.7 Å². The molecule has 0 aromatic heterocycles. The zero-order chi connectivity index (χ0) is 19.4. The van der Waals surface area contributed by atoms with E-state index < -0.39 is 0 Å². The number of guanidine groups is 1. The zero-order valence-electron chi connectivity index (χ0n) is 17.5. The highest BCUT2D eigenvalue weighted by Gasteiger charge is 2.59. The lowest BCUT2D eigenvalue weighted by Gasteiger charge is -2.55. The molecule has 4 atom stereocenters. The van der Waals surface area contributed by atoms with Crippen molar-refractivity contribution in [2.45, 2.75) is 58.8 Å². The fraction of sp³-hybridized carbons (Fsp3) is 0.682. The van der Waals surface area contributed by atoms with Gasteiger partial charge in [-0.3, -0.25) is 9.89 Å². The van der Waals surface area contributed by atoms with Crippen molar-refractivity contribution in [1.29, 1.82) is 0 Å². The van der Waals surface area contributed by atoms with Crippen LogP contribution in [0.5, 0.6) is 0 Å². The Bertz CT molecular complexity index is 630. The van der Waals surface area contributed by atoms with Crippen molar-refractivity contribution >= 4 is 5.96 Å². The van der Waals surface area contributed by atoms with Gasteiger partial charge in [-0.2, -0.15) is 0 Å². The molecule has 2 fully saturated rings. The average molecular weight is 373 g/mol. The number of fused-ring (bicyclic) bond motifs is 1. The number of likely N-dealkylation sites (N-methyl/N-ethyl adjacent to an activating group) is 1. The quantitative estimate of drug-likeness (QED) is 0.571. The van der Waals surface area contributed by atoms with Crippen LogP contribution in [-0.2, 0) is 11.3 Å². The van der Waals surface area contributed by atoms with Gasteiger partial charge in [-0.1, -0.05) is 44.2 Å². The van der Waals surface area contributed by atoms with E-state index >= 15 is 0 Å². The lowest BCUT2D eigenvalue weighted by Crippen LogP contribution is -2.68. The number of aliphatic imine (C=N–C) groups is 1. The van der Waals surface area contributed by atoms with Crippen LogP contribution in [-0.4, -0.2) is 55.8 Å². The molecule has 1 aromatic carbocycles. The van der Waals surface area contributed by atoms with Gasteiger partial charge in [-0.25, -0.2) is 0 Å². The zero-order valence-corrected chi connectivity index (χ0v) is 17.5. The molecule has 2 aliphatic rings. The molecule has 1 aromatic rings. The molecule has 3 rings (SSSR count). The summed E-state index contributed by atoms with van der Waals surface area (Å²) in [5.74, 6) is 1.54. The van der Waals surface area contributed by atoms with E-state index in [0.717, 1.165) is 38.6 Å². The van der Waals surface area contributed by atoms with Crippen LogP contribution < -0.4 is 10.6 Å². The molecule has 1 saturated heterocycles. The number of rotatable bonds is 7. The molecule has 0 radical (unpaired) electrons. The normalized spacial score (nSPS) is 27.8. The molecule has 1 saturated carbocycles. The summed E-state index contributed by atoms with van der Waals surface area (Å²) in [5.41, 5.74) is 1.50. The van der Waals surface area contributed by atoms with Crippen LogP contribution in [0.4, 0.5) is 0 Å². The maximum Gasteiger partial charge on any atom is 0.191 e. The lowest BCUT2D eigenvalue weighted by atomic mass is 9.57. The first kappa shape index (κ1) is 20.2. The third kappa shape index (κ3) is 4.46. The van der Waals surface area contributed by atoms with Crippen molar-refractivity contribution in [1.82, 2.24) is 15.5 Å². The largest absolute Gasteiger partial charge is 0.377 e. The van der Waals surface area contributed by atoms with Crippen molar-refractivity contribution < 1.29 is 4.74 Å². The van der Waals surface area contributed by atoms with E-state index in [9.17, 15) is 0 Å². The van der Waals surface area contributed by atoms with Crippen LogP contribution in [0.15, 0.2) is 35.3 Å². The summed E-state index contributed by atoms with van der Waals surface area (Å²) < 4.78 is 5.92. The van der Waals surface area contributed by atoms with Crippen molar-refractivity contribution in [3.05, 3.63) is 35.9 Å². The molecule has 0 spiro atoms. The number of nitrogens with one attached hydrogen (secondary N) is 2. The summed E-state index contributed by atoms with van der Waals surface area (Å²) in [6.07, 6.45) is 1.55. The molecule has 0 amide bonds. The summed E-state index contributed by atoms with van der Waals surface area (Å²) in [6.45, 7) is 12.5. The van der Waals surface area contributed by atoms with Gasteiger partial charge in [0, 0.05) is 43.1 Å². The summed E-state index contributed by atoms with van der Waals surface area (Å²) >= 11 is 0. The Morgan fingerprint density at radius 1 is 1.33 bits per heavy atom. The van der Waals surface area contributed by atoms with E-state index in [-0.39, 0.29) is 5.41 Å². The Balaban J connectivity index is 1.57. The summed E-state index contributed by atoms with van der Waals surface area (Å²) in [6, 6.07) is 11.4. The topological polar surface area (TPSA) is 48.9 Å². The van der Waals surface area contributed by atoms with Crippen LogP contribution in [0, 0.1) is 11.3 Å². The van der Waals surface area contributed by atoms with Gasteiger partial charge < -0.3 is 15.4 Å². The van der Waals surface area contributed by atoms with Crippen molar-refractivity contribution in [2.24, 2.45) is 16.3 Å². The SMILES string of the molecule is CCNC(=NCC(C)N(C)Cc1ccccc1)NC1C2CCOC2C1(C)C. The Labute approximate surface area is 164 Å². The van der Waals surface area contributed by atoms with Crippen LogP contribution in [0.1, 0.15) is 39.7 Å². The summed E-state index contributed by atoms with van der Waals surface area (Å²) in [7, 11) is 2.17. The van der Waals surface area contributed by atoms with Crippen LogP contribution in [0.3, 0.4) is 0 Å². The number of hydrogen-bond acceptors (Lipinski definition) is 3. The monoisotopic (exact) mass is 372 g/mol. The highest BCUT2D eigenvalue weighted by molar-refractivity contribution is 5.80. The Morgan fingerprint density at radius 2 is 2.07 bits per heavy atom. The van der Waals surface area contributed by atoms with Gasteiger partial charge >= 0.3 is 0 Å². The van der Waals surface area contributed by atoms with Gasteiger partial charge in [-0.15, -0.1) is 0 Å². The van der Waals surface area contributed by atoms with E-state index in [0.29, 0.717) is 24.1 Å². The predicted molar refractivity (Wildman–Crippen MR) is 112 cm³/mol. The van der Waals surface area contributed by atoms with Gasteiger partial charge in [-0.05, 0) is 32.9 Å². The van der Waals surface area contributed by atoms with Crippen LogP contribution in [0.25, 0.3) is 0 Å². The smallest absolute Gasteiger partial charge is 0.191 e. The second-order valence-corrected chi connectivity index (χ2v) is 8.66. The highest BCUT2D eigenvalue weighted by Crippen LogP contribution is 2.52. The third-order valence-corrected chi connectivity index (χ3v) is 6.28. The molecule has 150 valence electrons. The molecule has 5 heteroatoms. The van der Waals surface area contributed by atoms with Gasteiger partial charge in [0.1, 0.15) is 0 Å². The molecular weight excluding hydrogens is 336 g/mol.